The fourth-order valence-corrected chi connectivity index (χ4v) is 5.72. The van der Waals surface area contributed by atoms with Gasteiger partial charge in [0.05, 0.1) is 28.6 Å². The van der Waals surface area contributed by atoms with Crippen LogP contribution >= 0.6 is 23.5 Å². The first-order chi connectivity index (χ1) is 16.9. The molecule has 4 rings (SSSR count). The van der Waals surface area contributed by atoms with Gasteiger partial charge in [0.1, 0.15) is 0 Å². The maximum Gasteiger partial charge on any atom is 0.0895 e. The molecule has 4 nitrogen and oxygen atoms in total. The minimum Gasteiger partial charge on any atom is -0.513 e. The van der Waals surface area contributed by atoms with E-state index in [0.717, 1.165) is 29.1 Å². The lowest BCUT2D eigenvalue weighted by molar-refractivity contribution is 0.102. The van der Waals surface area contributed by atoms with E-state index in [1.54, 1.807) is 32.7 Å². The van der Waals surface area contributed by atoms with Crippen molar-refractivity contribution in [2.45, 2.75) is 72.6 Å². The van der Waals surface area contributed by atoms with E-state index in [9.17, 15) is 5.11 Å². The van der Waals surface area contributed by atoms with Crippen molar-refractivity contribution in [3.63, 3.8) is 0 Å². The van der Waals surface area contributed by atoms with Crippen molar-refractivity contribution >= 4 is 40.1 Å². The Balaban J connectivity index is 0.000000583. The topological polar surface area (TPSA) is 48.6 Å². The molecule has 0 bridgehead atoms. The SMILES string of the molecule is C#C.C=C(O)Cc1c(C)c2c3c(cc(C)n3CC(CC)N2SC)c1-c1ccc(Cl)cc1.CC(C)(C)O. The summed E-state index contributed by atoms with van der Waals surface area (Å²) in [5, 5.41) is 20.6. The molecule has 3 aromatic rings. The molecule has 0 amide bonds. The molecule has 36 heavy (non-hydrogen) atoms. The van der Waals surface area contributed by atoms with Crippen LogP contribution < -0.4 is 4.31 Å². The summed E-state index contributed by atoms with van der Waals surface area (Å²) in [4.78, 5) is 0. The molecule has 0 fully saturated rings. The number of benzene rings is 2. The maximum atomic E-state index is 10.1. The lowest BCUT2D eigenvalue weighted by Crippen LogP contribution is -2.37. The number of allylic oxidation sites excluding steroid dienone is 1. The van der Waals surface area contributed by atoms with Gasteiger partial charge in [0.15, 0.2) is 0 Å². The van der Waals surface area contributed by atoms with Crippen LogP contribution in [0.2, 0.25) is 5.02 Å². The van der Waals surface area contributed by atoms with Crippen LogP contribution in [0.5, 0.6) is 0 Å². The molecule has 1 atom stereocenters. The Morgan fingerprint density at radius 2 is 1.75 bits per heavy atom. The minimum absolute atomic E-state index is 0.185. The molecule has 2 aromatic carbocycles. The second kappa shape index (κ2) is 12.1. The summed E-state index contributed by atoms with van der Waals surface area (Å²) in [5.74, 6) is 0.185. The van der Waals surface area contributed by atoms with Gasteiger partial charge >= 0.3 is 0 Å². The smallest absolute Gasteiger partial charge is 0.0895 e. The number of halogens is 1. The van der Waals surface area contributed by atoms with Gasteiger partial charge in [-0.15, -0.1) is 12.8 Å². The molecule has 1 aliphatic rings. The van der Waals surface area contributed by atoms with Crippen LogP contribution in [0.4, 0.5) is 5.69 Å². The number of aliphatic hydroxyl groups is 2. The molecule has 2 N–H and O–H groups in total. The van der Waals surface area contributed by atoms with Gasteiger partial charge in [-0.2, -0.15) is 0 Å². The summed E-state index contributed by atoms with van der Waals surface area (Å²) in [6.07, 6.45) is 11.7. The van der Waals surface area contributed by atoms with Gasteiger partial charge in [0, 0.05) is 35.3 Å². The number of aromatic nitrogens is 1. The monoisotopic (exact) mass is 526 g/mol. The predicted molar refractivity (Wildman–Crippen MR) is 159 cm³/mol. The van der Waals surface area contributed by atoms with Gasteiger partial charge in [-0.1, -0.05) is 49.2 Å². The van der Waals surface area contributed by atoms with Crippen LogP contribution in [-0.2, 0) is 13.0 Å². The first-order valence-electron chi connectivity index (χ1n) is 12.0. The first-order valence-corrected chi connectivity index (χ1v) is 13.6. The van der Waals surface area contributed by atoms with E-state index >= 15 is 0 Å². The van der Waals surface area contributed by atoms with Crippen molar-refractivity contribution in [3.05, 3.63) is 64.5 Å². The van der Waals surface area contributed by atoms with Crippen molar-refractivity contribution in [1.29, 1.82) is 0 Å². The highest BCUT2D eigenvalue weighted by molar-refractivity contribution is 8.00. The highest BCUT2D eigenvalue weighted by atomic mass is 35.5. The third-order valence-electron chi connectivity index (χ3n) is 6.03. The number of terminal acetylenes is 1. The Morgan fingerprint density at radius 3 is 2.22 bits per heavy atom. The maximum absolute atomic E-state index is 10.1. The zero-order valence-electron chi connectivity index (χ0n) is 22.5. The average Bonchev–Trinajstić information content (AvgIpc) is 3.13. The Hall–Kier alpha value is -2.52. The van der Waals surface area contributed by atoms with E-state index in [4.69, 9.17) is 16.7 Å². The third kappa shape index (κ3) is 6.42. The van der Waals surface area contributed by atoms with Gasteiger partial charge < -0.3 is 19.1 Å². The minimum atomic E-state index is -0.500. The first kappa shape index (κ1) is 29.7. The Bertz CT molecular complexity index is 1230. The number of aryl methyl sites for hydroxylation is 1. The molecule has 0 saturated heterocycles. The van der Waals surface area contributed by atoms with E-state index in [1.165, 1.54) is 33.4 Å². The molecule has 0 radical (unpaired) electrons. The fourth-order valence-electron chi connectivity index (χ4n) is 4.67. The highest BCUT2D eigenvalue weighted by Crippen LogP contribution is 2.48. The Labute approximate surface area is 226 Å². The summed E-state index contributed by atoms with van der Waals surface area (Å²) in [5.41, 5.74) is 7.97. The van der Waals surface area contributed by atoms with Crippen LogP contribution in [0, 0.1) is 26.7 Å². The average molecular weight is 527 g/mol. The van der Waals surface area contributed by atoms with E-state index in [-0.39, 0.29) is 5.76 Å². The standard InChI is InChI=1S/C24H27ClN2OS.C4H10O.C2H2/c1-6-19-13-26-14(2)11-21-22(17-7-9-18(25)10-8-17)20(12-15(3)28)16(4)23(24(21)26)27(19)29-5;1-4(2,3)5;1-2/h7-11,19,28H,3,6,12-13H2,1-2,4-5H3;5H,1-3H3;1-2H. The normalized spacial score (nSPS) is 14.5. The lowest BCUT2D eigenvalue weighted by atomic mass is 9.88. The van der Waals surface area contributed by atoms with Crippen LogP contribution in [0.1, 0.15) is 50.9 Å². The molecule has 6 heteroatoms. The summed E-state index contributed by atoms with van der Waals surface area (Å²) in [6.45, 7) is 16.6. The van der Waals surface area contributed by atoms with E-state index in [0.29, 0.717) is 12.5 Å². The fraction of sp³-hybridized carbons (Fsp3) is 0.400. The number of aliphatic hydroxyl groups excluding tert-OH is 1. The van der Waals surface area contributed by atoms with Crippen LogP contribution in [-0.4, -0.2) is 32.7 Å². The van der Waals surface area contributed by atoms with E-state index in [2.05, 4.69) is 73.5 Å². The van der Waals surface area contributed by atoms with Gasteiger partial charge in [-0.05, 0) is 81.5 Å². The largest absolute Gasteiger partial charge is 0.513 e. The molecule has 1 aliphatic heterocycles. The summed E-state index contributed by atoms with van der Waals surface area (Å²) < 4.78 is 4.93. The predicted octanol–water partition coefficient (Wildman–Crippen LogP) is 8.10. The number of hydrogen-bond donors (Lipinski definition) is 2. The molecular formula is C30H39ClN2O2S. The molecule has 2 heterocycles. The van der Waals surface area contributed by atoms with Crippen LogP contribution in [0.3, 0.4) is 0 Å². The molecule has 0 saturated carbocycles. The van der Waals surface area contributed by atoms with Crippen molar-refractivity contribution in [2.24, 2.45) is 0 Å². The quantitative estimate of drug-likeness (QED) is 0.200. The second-order valence-corrected chi connectivity index (χ2v) is 11.2. The third-order valence-corrected chi connectivity index (χ3v) is 7.16. The number of rotatable bonds is 5. The Kier molecular flexibility index (Phi) is 10.0. The van der Waals surface area contributed by atoms with Crippen molar-refractivity contribution in [3.8, 4) is 24.0 Å². The zero-order chi connectivity index (χ0) is 27.4. The summed E-state index contributed by atoms with van der Waals surface area (Å²) >= 11 is 7.95. The highest BCUT2D eigenvalue weighted by Gasteiger charge is 2.32. The van der Waals surface area contributed by atoms with Crippen molar-refractivity contribution < 1.29 is 10.2 Å². The van der Waals surface area contributed by atoms with Crippen LogP contribution in [0.15, 0.2) is 42.7 Å². The summed E-state index contributed by atoms with van der Waals surface area (Å²) in [6, 6.07) is 10.7. The van der Waals surface area contributed by atoms with Gasteiger partial charge in [-0.25, -0.2) is 0 Å². The van der Waals surface area contributed by atoms with Crippen LogP contribution in [0.25, 0.3) is 22.0 Å². The summed E-state index contributed by atoms with van der Waals surface area (Å²) in [7, 11) is 0. The lowest BCUT2D eigenvalue weighted by Gasteiger charge is -2.38. The molecule has 194 valence electrons. The van der Waals surface area contributed by atoms with Gasteiger partial charge in [0.25, 0.3) is 0 Å². The van der Waals surface area contributed by atoms with E-state index < -0.39 is 5.60 Å². The molecular weight excluding hydrogens is 488 g/mol. The van der Waals surface area contributed by atoms with E-state index in [1.807, 2.05) is 12.1 Å². The molecule has 1 unspecified atom stereocenters. The number of nitrogens with zero attached hydrogens (tertiary/aromatic N) is 2. The van der Waals surface area contributed by atoms with Crippen molar-refractivity contribution in [1.82, 2.24) is 4.57 Å². The molecule has 1 aromatic heterocycles. The second-order valence-electron chi connectivity index (χ2n) is 9.98. The van der Waals surface area contributed by atoms with Gasteiger partial charge in [-0.3, -0.25) is 0 Å². The molecule has 0 spiro atoms. The van der Waals surface area contributed by atoms with Gasteiger partial charge in [0.2, 0.25) is 0 Å². The number of anilines is 1. The zero-order valence-corrected chi connectivity index (χ0v) is 24.1. The number of hydrogen-bond acceptors (Lipinski definition) is 4. The van der Waals surface area contributed by atoms with Crippen molar-refractivity contribution in [2.75, 3.05) is 10.6 Å². The Morgan fingerprint density at radius 1 is 1.19 bits per heavy atom. The molecule has 0 aliphatic carbocycles.